The summed E-state index contributed by atoms with van der Waals surface area (Å²) in [6, 6.07) is 10.1. The third kappa shape index (κ3) is 4.62. The van der Waals surface area contributed by atoms with Gasteiger partial charge in [0.05, 0.1) is 12.5 Å². The van der Waals surface area contributed by atoms with E-state index in [9.17, 15) is 9.59 Å². The van der Waals surface area contributed by atoms with Crippen LogP contribution in [0.4, 0.5) is 0 Å². The Morgan fingerprint density at radius 1 is 1.18 bits per heavy atom. The summed E-state index contributed by atoms with van der Waals surface area (Å²) in [5.41, 5.74) is 1.12. The molecule has 0 aliphatic rings. The normalized spacial score (nSPS) is 10.9. The molecule has 1 aromatic carbocycles. The lowest BCUT2D eigenvalue weighted by atomic mass is 10.2. The number of esters is 1. The van der Waals surface area contributed by atoms with Gasteiger partial charge in [0.25, 0.3) is 0 Å². The van der Waals surface area contributed by atoms with Gasteiger partial charge in [-0.25, -0.2) is 0 Å². The van der Waals surface area contributed by atoms with E-state index in [1.807, 2.05) is 36.5 Å². The molecule has 1 heterocycles. The molecule has 0 aliphatic carbocycles. The van der Waals surface area contributed by atoms with Crippen LogP contribution in [0.25, 0.3) is 10.9 Å². The Morgan fingerprint density at radius 3 is 2.73 bits per heavy atom. The van der Waals surface area contributed by atoms with Crippen LogP contribution in [0.2, 0.25) is 0 Å². The number of ether oxygens (including phenoxy) is 1. The summed E-state index contributed by atoms with van der Waals surface area (Å²) in [5, 5.41) is 3.91. The van der Waals surface area contributed by atoms with Crippen molar-refractivity contribution >= 4 is 22.8 Å². The number of carbonyl (C=O) groups is 2. The molecular formula is C17H22N2O3. The summed E-state index contributed by atoms with van der Waals surface area (Å²) < 4.78 is 7.06. The lowest BCUT2D eigenvalue weighted by Crippen LogP contribution is -2.27. The first-order valence-electron chi connectivity index (χ1n) is 7.56. The Labute approximate surface area is 130 Å². The number of hydrogen-bond acceptors (Lipinski definition) is 3. The number of para-hydroxylation sites is 1. The molecule has 0 bridgehead atoms. The van der Waals surface area contributed by atoms with Crippen molar-refractivity contribution < 1.29 is 14.3 Å². The molecule has 0 saturated heterocycles. The van der Waals surface area contributed by atoms with Crippen LogP contribution in [-0.4, -0.2) is 29.1 Å². The van der Waals surface area contributed by atoms with Gasteiger partial charge in [-0.05, 0) is 31.4 Å². The number of amides is 1. The van der Waals surface area contributed by atoms with E-state index in [-0.39, 0.29) is 24.4 Å². The summed E-state index contributed by atoms with van der Waals surface area (Å²) >= 11 is 0. The molecule has 0 fully saturated rings. The van der Waals surface area contributed by atoms with Crippen molar-refractivity contribution in [2.24, 2.45) is 0 Å². The first-order valence-corrected chi connectivity index (χ1v) is 7.56. The Morgan fingerprint density at radius 2 is 1.95 bits per heavy atom. The van der Waals surface area contributed by atoms with Crippen molar-refractivity contribution in [2.45, 2.75) is 39.3 Å². The number of nitrogens with one attached hydrogen (secondary N) is 1. The number of rotatable bonds is 7. The molecule has 118 valence electrons. The van der Waals surface area contributed by atoms with Gasteiger partial charge in [-0.1, -0.05) is 18.2 Å². The molecule has 0 saturated carbocycles. The Bertz CT molecular complexity index is 646. The van der Waals surface area contributed by atoms with Crippen LogP contribution in [0.5, 0.6) is 0 Å². The highest BCUT2D eigenvalue weighted by molar-refractivity contribution is 5.80. The van der Waals surface area contributed by atoms with Crippen molar-refractivity contribution in [1.29, 1.82) is 0 Å². The summed E-state index contributed by atoms with van der Waals surface area (Å²) in [5.74, 6) is -0.346. The topological polar surface area (TPSA) is 60.3 Å². The van der Waals surface area contributed by atoms with Crippen molar-refractivity contribution in [2.75, 3.05) is 6.54 Å². The maximum absolute atomic E-state index is 11.8. The summed E-state index contributed by atoms with van der Waals surface area (Å²) in [6.07, 6.45) is 2.46. The highest BCUT2D eigenvalue weighted by Gasteiger charge is 2.07. The lowest BCUT2D eigenvalue weighted by molar-refractivity contribution is -0.147. The molecular weight excluding hydrogens is 280 g/mol. The predicted octanol–water partition coefficient (Wildman–Crippen LogP) is 2.49. The van der Waals surface area contributed by atoms with Crippen LogP contribution in [-0.2, 0) is 20.9 Å². The zero-order valence-electron chi connectivity index (χ0n) is 13.0. The Hall–Kier alpha value is -2.30. The minimum absolute atomic E-state index is 0.0601. The molecule has 0 atom stereocenters. The summed E-state index contributed by atoms with van der Waals surface area (Å²) in [7, 11) is 0. The first-order chi connectivity index (χ1) is 10.6. The number of fused-ring (bicyclic) bond motifs is 1. The van der Waals surface area contributed by atoms with Crippen molar-refractivity contribution in [1.82, 2.24) is 9.88 Å². The molecule has 0 radical (unpaired) electrons. The molecule has 22 heavy (non-hydrogen) atoms. The van der Waals surface area contributed by atoms with E-state index in [4.69, 9.17) is 4.74 Å². The van der Waals surface area contributed by atoms with Gasteiger partial charge in [-0.15, -0.1) is 0 Å². The zero-order valence-corrected chi connectivity index (χ0v) is 13.0. The second-order valence-corrected chi connectivity index (χ2v) is 5.46. The minimum Gasteiger partial charge on any atom is -0.463 e. The Balaban J connectivity index is 1.73. The number of nitrogens with zero attached hydrogens (tertiary/aromatic N) is 1. The molecule has 5 heteroatoms. The molecule has 0 unspecified atom stereocenters. The second kappa shape index (κ2) is 7.64. The fraction of sp³-hybridized carbons (Fsp3) is 0.412. The molecule has 0 aliphatic heterocycles. The standard InChI is InChI=1S/C17H22N2O3/c1-13(2)22-17(21)7-10-18-16(20)9-12-19-11-8-14-5-3-4-6-15(14)19/h3-6,8,11,13H,7,9-10,12H2,1-2H3,(H,18,20). The van der Waals surface area contributed by atoms with Gasteiger partial charge < -0.3 is 14.6 Å². The number of hydrogen-bond donors (Lipinski definition) is 1. The monoisotopic (exact) mass is 302 g/mol. The van der Waals surface area contributed by atoms with Crippen LogP contribution in [0.1, 0.15) is 26.7 Å². The van der Waals surface area contributed by atoms with Gasteiger partial charge in [0.1, 0.15) is 0 Å². The van der Waals surface area contributed by atoms with E-state index >= 15 is 0 Å². The van der Waals surface area contributed by atoms with Gasteiger partial charge >= 0.3 is 5.97 Å². The van der Waals surface area contributed by atoms with Crippen LogP contribution in [0.15, 0.2) is 36.5 Å². The number of aromatic nitrogens is 1. The minimum atomic E-state index is -0.285. The van der Waals surface area contributed by atoms with E-state index < -0.39 is 0 Å². The van der Waals surface area contributed by atoms with E-state index in [1.54, 1.807) is 13.8 Å². The molecule has 5 nitrogen and oxygen atoms in total. The maximum Gasteiger partial charge on any atom is 0.307 e. The van der Waals surface area contributed by atoms with E-state index in [2.05, 4.69) is 9.88 Å². The van der Waals surface area contributed by atoms with E-state index in [1.165, 1.54) is 5.39 Å². The zero-order chi connectivity index (χ0) is 15.9. The molecule has 1 aromatic heterocycles. The van der Waals surface area contributed by atoms with Crippen LogP contribution < -0.4 is 5.32 Å². The number of benzene rings is 1. The third-order valence-electron chi connectivity index (χ3n) is 3.28. The third-order valence-corrected chi connectivity index (χ3v) is 3.28. The van der Waals surface area contributed by atoms with Gasteiger partial charge in [0.15, 0.2) is 0 Å². The fourth-order valence-corrected chi connectivity index (χ4v) is 2.27. The smallest absolute Gasteiger partial charge is 0.307 e. The van der Waals surface area contributed by atoms with Crippen molar-refractivity contribution in [3.8, 4) is 0 Å². The molecule has 1 amide bonds. The van der Waals surface area contributed by atoms with Gasteiger partial charge in [-0.3, -0.25) is 9.59 Å². The summed E-state index contributed by atoms with van der Waals surface area (Å²) in [4.78, 5) is 23.1. The molecule has 2 aromatic rings. The summed E-state index contributed by atoms with van der Waals surface area (Å²) in [6.45, 7) is 4.54. The second-order valence-electron chi connectivity index (χ2n) is 5.46. The fourth-order valence-electron chi connectivity index (χ4n) is 2.27. The van der Waals surface area contributed by atoms with E-state index in [0.717, 1.165) is 5.52 Å². The maximum atomic E-state index is 11.8. The molecule has 2 rings (SSSR count). The highest BCUT2D eigenvalue weighted by Crippen LogP contribution is 2.15. The molecule has 1 N–H and O–H groups in total. The average Bonchev–Trinajstić information content (AvgIpc) is 2.87. The van der Waals surface area contributed by atoms with Crippen LogP contribution >= 0.6 is 0 Å². The van der Waals surface area contributed by atoms with Crippen LogP contribution in [0.3, 0.4) is 0 Å². The number of carbonyl (C=O) groups excluding carboxylic acids is 2. The van der Waals surface area contributed by atoms with Crippen molar-refractivity contribution in [3.63, 3.8) is 0 Å². The quantitative estimate of drug-likeness (QED) is 0.799. The number of aryl methyl sites for hydroxylation is 1. The van der Waals surface area contributed by atoms with Crippen LogP contribution in [0, 0.1) is 0 Å². The first kappa shape index (κ1) is 16.1. The largest absolute Gasteiger partial charge is 0.463 e. The van der Waals surface area contributed by atoms with E-state index in [0.29, 0.717) is 19.5 Å². The Kier molecular flexibility index (Phi) is 5.58. The van der Waals surface area contributed by atoms with Gasteiger partial charge in [0.2, 0.25) is 5.91 Å². The SMILES string of the molecule is CC(C)OC(=O)CCNC(=O)CCn1ccc2ccccc21. The van der Waals surface area contributed by atoms with Gasteiger partial charge in [0, 0.05) is 31.2 Å². The molecule has 0 spiro atoms. The lowest BCUT2D eigenvalue weighted by Gasteiger charge is -2.09. The van der Waals surface area contributed by atoms with Crippen molar-refractivity contribution in [3.05, 3.63) is 36.5 Å². The van der Waals surface area contributed by atoms with Gasteiger partial charge in [-0.2, -0.15) is 0 Å². The highest BCUT2D eigenvalue weighted by atomic mass is 16.5. The average molecular weight is 302 g/mol. The predicted molar refractivity (Wildman–Crippen MR) is 85.4 cm³/mol.